The number of quaternary nitrogens is 1. The van der Waals surface area contributed by atoms with Crippen molar-refractivity contribution in [3.8, 4) is 17.2 Å². The Bertz CT molecular complexity index is 930. The zero-order valence-electron chi connectivity index (χ0n) is 16.8. The van der Waals surface area contributed by atoms with E-state index in [0.717, 1.165) is 43.3 Å². The zero-order valence-corrected chi connectivity index (χ0v) is 16.8. The molecule has 1 aliphatic heterocycles. The van der Waals surface area contributed by atoms with Gasteiger partial charge in [-0.3, -0.25) is 4.98 Å². The average molecular weight is 391 g/mol. The zero-order chi connectivity index (χ0) is 19.9. The van der Waals surface area contributed by atoms with Crippen LogP contribution in [0, 0.1) is 0 Å². The third-order valence-electron chi connectivity index (χ3n) is 5.12. The van der Waals surface area contributed by atoms with Crippen molar-refractivity contribution in [2.24, 2.45) is 0 Å². The van der Waals surface area contributed by atoms with Gasteiger partial charge in [-0.05, 0) is 48.9 Å². The summed E-state index contributed by atoms with van der Waals surface area (Å²) in [7, 11) is 0. The molecule has 0 saturated heterocycles. The van der Waals surface area contributed by atoms with Crippen molar-refractivity contribution >= 4 is 0 Å². The molecule has 2 aromatic carbocycles. The van der Waals surface area contributed by atoms with Gasteiger partial charge in [0, 0.05) is 29.9 Å². The Balaban J connectivity index is 1.49. The van der Waals surface area contributed by atoms with Crippen molar-refractivity contribution in [3.05, 3.63) is 83.7 Å². The van der Waals surface area contributed by atoms with E-state index in [2.05, 4.69) is 47.4 Å². The van der Waals surface area contributed by atoms with Crippen molar-refractivity contribution in [2.75, 3.05) is 19.9 Å². The highest BCUT2D eigenvalue weighted by Gasteiger charge is 2.17. The van der Waals surface area contributed by atoms with Crippen LogP contribution in [0.4, 0.5) is 0 Å². The summed E-state index contributed by atoms with van der Waals surface area (Å²) in [6, 6.07) is 18.8. The molecule has 3 aromatic rings. The Morgan fingerprint density at radius 3 is 2.62 bits per heavy atom. The fourth-order valence-corrected chi connectivity index (χ4v) is 3.66. The van der Waals surface area contributed by atoms with E-state index in [9.17, 15) is 0 Å². The number of hydrogen-bond donors (Lipinski definition) is 1. The lowest BCUT2D eigenvalue weighted by Crippen LogP contribution is -3.09. The molecule has 150 valence electrons. The monoisotopic (exact) mass is 391 g/mol. The number of nitrogens with zero attached hydrogens (tertiary/aromatic N) is 1. The Hall–Kier alpha value is -3.05. The van der Waals surface area contributed by atoms with Crippen LogP contribution in [0.3, 0.4) is 0 Å². The Labute approximate surface area is 171 Å². The summed E-state index contributed by atoms with van der Waals surface area (Å²) in [6.07, 6.45) is 4.69. The van der Waals surface area contributed by atoms with Gasteiger partial charge in [0.25, 0.3) is 0 Å². The van der Waals surface area contributed by atoms with Crippen molar-refractivity contribution in [3.63, 3.8) is 0 Å². The van der Waals surface area contributed by atoms with Crippen LogP contribution in [0.15, 0.2) is 67.0 Å². The Kier molecular flexibility index (Phi) is 6.27. The minimum Gasteiger partial charge on any atom is -0.493 e. The first-order valence-corrected chi connectivity index (χ1v) is 10.1. The number of ether oxygens (including phenoxy) is 3. The molecule has 0 fully saturated rings. The first kappa shape index (κ1) is 19.3. The van der Waals surface area contributed by atoms with Gasteiger partial charge in [0.15, 0.2) is 11.5 Å². The fourth-order valence-electron chi connectivity index (χ4n) is 3.66. The number of para-hydroxylation sites is 1. The predicted molar refractivity (Wildman–Crippen MR) is 111 cm³/mol. The molecule has 1 unspecified atom stereocenters. The first-order valence-electron chi connectivity index (χ1n) is 10.1. The second kappa shape index (κ2) is 9.43. The van der Waals surface area contributed by atoms with Gasteiger partial charge in [0.2, 0.25) is 6.79 Å². The minimum atomic E-state index is 0.312. The van der Waals surface area contributed by atoms with E-state index < -0.39 is 0 Å². The molecule has 0 saturated carbocycles. The fraction of sp³-hybridized carbons (Fsp3) is 0.292. The summed E-state index contributed by atoms with van der Waals surface area (Å²) in [6.45, 7) is 5.86. The van der Waals surface area contributed by atoms with E-state index in [-0.39, 0.29) is 0 Å². The van der Waals surface area contributed by atoms with Crippen molar-refractivity contribution < 1.29 is 19.1 Å². The summed E-state index contributed by atoms with van der Waals surface area (Å²) < 4.78 is 16.8. The molecule has 4 rings (SSSR count). The quantitative estimate of drug-likeness (QED) is 0.609. The number of aromatic nitrogens is 1. The lowest BCUT2D eigenvalue weighted by Gasteiger charge is -2.21. The van der Waals surface area contributed by atoms with Gasteiger partial charge in [-0.2, -0.15) is 0 Å². The van der Waals surface area contributed by atoms with E-state index in [1.165, 1.54) is 21.6 Å². The molecule has 0 radical (unpaired) electrons. The van der Waals surface area contributed by atoms with E-state index >= 15 is 0 Å². The van der Waals surface area contributed by atoms with Crippen LogP contribution in [-0.4, -0.2) is 24.9 Å². The Morgan fingerprint density at radius 1 is 0.931 bits per heavy atom. The number of nitrogens with one attached hydrogen (secondary N) is 1. The maximum atomic E-state index is 5.85. The van der Waals surface area contributed by atoms with Crippen LogP contribution in [0.25, 0.3) is 0 Å². The van der Waals surface area contributed by atoms with E-state index in [1.54, 1.807) is 0 Å². The van der Waals surface area contributed by atoms with Crippen LogP contribution >= 0.6 is 0 Å². The second-order valence-corrected chi connectivity index (χ2v) is 7.19. The number of pyridine rings is 1. The summed E-state index contributed by atoms with van der Waals surface area (Å²) in [5.74, 6) is 2.66. The Morgan fingerprint density at radius 2 is 1.76 bits per heavy atom. The predicted octanol–water partition coefficient (Wildman–Crippen LogP) is 3.04. The van der Waals surface area contributed by atoms with Gasteiger partial charge in [-0.15, -0.1) is 0 Å². The maximum absolute atomic E-state index is 5.85. The van der Waals surface area contributed by atoms with E-state index in [0.29, 0.717) is 13.4 Å². The highest BCUT2D eigenvalue weighted by atomic mass is 16.7. The molecular formula is C24H27N2O3+. The number of rotatable bonds is 9. The maximum Gasteiger partial charge on any atom is 0.231 e. The van der Waals surface area contributed by atoms with Crippen molar-refractivity contribution in [1.29, 1.82) is 0 Å². The summed E-state index contributed by atoms with van der Waals surface area (Å²) >= 11 is 0. The summed E-state index contributed by atoms with van der Waals surface area (Å²) in [4.78, 5) is 5.62. The lowest BCUT2D eigenvalue weighted by molar-refractivity contribution is -0.927. The van der Waals surface area contributed by atoms with Gasteiger partial charge in [-0.25, -0.2) is 0 Å². The van der Waals surface area contributed by atoms with E-state index in [1.807, 2.05) is 31.5 Å². The van der Waals surface area contributed by atoms with Gasteiger partial charge < -0.3 is 19.1 Å². The molecule has 5 nitrogen and oxygen atoms in total. The van der Waals surface area contributed by atoms with Crippen LogP contribution in [0.5, 0.6) is 17.2 Å². The molecular weight excluding hydrogens is 364 g/mol. The molecule has 0 bridgehead atoms. The van der Waals surface area contributed by atoms with Gasteiger partial charge in [0.05, 0.1) is 13.2 Å². The molecule has 1 aromatic heterocycles. The normalized spacial score (nSPS) is 13.3. The summed E-state index contributed by atoms with van der Waals surface area (Å²) in [5.41, 5.74) is 3.79. The van der Waals surface area contributed by atoms with Crippen LogP contribution in [-0.2, 0) is 19.5 Å². The molecule has 29 heavy (non-hydrogen) atoms. The standard InChI is InChI=1S/C24H26N2O3/c1-2-27-22-6-4-3-5-21(22)17-26(16-20-9-12-25-13-10-20)14-11-19-7-8-23-24(15-19)29-18-28-23/h3-10,12-13,15H,2,11,14,16-18H2,1H3/p+1. The molecule has 2 heterocycles. The van der Waals surface area contributed by atoms with Gasteiger partial charge >= 0.3 is 0 Å². The summed E-state index contributed by atoms with van der Waals surface area (Å²) in [5, 5.41) is 0. The molecule has 5 heteroatoms. The molecule has 1 N–H and O–H groups in total. The lowest BCUT2D eigenvalue weighted by atomic mass is 10.1. The van der Waals surface area contributed by atoms with Crippen LogP contribution < -0.4 is 19.1 Å². The molecule has 1 aliphatic rings. The van der Waals surface area contributed by atoms with E-state index in [4.69, 9.17) is 14.2 Å². The molecule has 0 aliphatic carbocycles. The molecule has 0 spiro atoms. The minimum absolute atomic E-state index is 0.312. The average Bonchev–Trinajstić information content (AvgIpc) is 3.22. The first-order chi connectivity index (χ1) is 14.3. The number of hydrogen-bond acceptors (Lipinski definition) is 4. The number of fused-ring (bicyclic) bond motifs is 1. The van der Waals surface area contributed by atoms with Crippen molar-refractivity contribution in [2.45, 2.75) is 26.4 Å². The highest BCUT2D eigenvalue weighted by molar-refractivity contribution is 5.44. The third-order valence-corrected chi connectivity index (χ3v) is 5.12. The topological polar surface area (TPSA) is 45.0 Å². The highest BCUT2D eigenvalue weighted by Crippen LogP contribution is 2.32. The molecule has 1 atom stereocenters. The van der Waals surface area contributed by atoms with Crippen LogP contribution in [0.1, 0.15) is 23.6 Å². The van der Waals surface area contributed by atoms with Crippen molar-refractivity contribution in [1.82, 2.24) is 4.98 Å². The smallest absolute Gasteiger partial charge is 0.231 e. The molecule has 0 amide bonds. The van der Waals surface area contributed by atoms with Crippen LogP contribution in [0.2, 0.25) is 0 Å². The largest absolute Gasteiger partial charge is 0.493 e. The third kappa shape index (κ3) is 5.06. The SMILES string of the molecule is CCOc1ccccc1C[NH+](CCc1ccc2c(c1)OCO2)Cc1ccncc1. The number of benzene rings is 2. The van der Waals surface area contributed by atoms with Gasteiger partial charge in [-0.1, -0.05) is 18.2 Å². The van der Waals surface area contributed by atoms with Gasteiger partial charge in [0.1, 0.15) is 18.8 Å². The second-order valence-electron chi connectivity index (χ2n) is 7.19.